The largest absolute Gasteiger partial charge is 0.351 e. The average Bonchev–Trinajstić information content (AvgIpc) is 2.55. The minimum absolute atomic E-state index is 0.0939. The molecule has 1 amide bonds. The maximum atomic E-state index is 11.9. The number of quaternary nitrogens is 1. The third kappa shape index (κ3) is 5.01. The second kappa shape index (κ2) is 8.35. The van der Waals surface area contributed by atoms with Gasteiger partial charge in [-0.25, -0.2) is 0 Å². The van der Waals surface area contributed by atoms with Gasteiger partial charge in [0, 0.05) is 12.1 Å². The molecule has 0 aliphatic rings. The smallest absolute Gasteiger partial charge is 0.275 e. The van der Waals surface area contributed by atoms with Crippen molar-refractivity contribution in [2.45, 2.75) is 26.3 Å². The molecule has 116 valence electrons. The molecular formula is C19H25N2O+. The lowest BCUT2D eigenvalue weighted by Gasteiger charge is -2.11. The highest BCUT2D eigenvalue weighted by atomic mass is 16.1. The number of rotatable bonds is 7. The normalized spacial score (nSPS) is 11.9. The number of benzene rings is 2. The van der Waals surface area contributed by atoms with Crippen LogP contribution in [0.1, 0.15) is 29.7 Å². The van der Waals surface area contributed by atoms with Gasteiger partial charge >= 0.3 is 0 Å². The Labute approximate surface area is 132 Å². The van der Waals surface area contributed by atoms with Gasteiger partial charge in [0.05, 0.1) is 0 Å². The van der Waals surface area contributed by atoms with Crippen LogP contribution in [-0.4, -0.2) is 19.0 Å². The number of carbonyl (C=O) groups excluding carboxylic acids is 1. The van der Waals surface area contributed by atoms with Crippen molar-refractivity contribution in [3.63, 3.8) is 0 Å². The summed E-state index contributed by atoms with van der Waals surface area (Å²) in [6.45, 7) is 5.38. The van der Waals surface area contributed by atoms with Gasteiger partial charge in [0.25, 0.3) is 5.91 Å². The maximum Gasteiger partial charge on any atom is 0.275 e. The van der Waals surface area contributed by atoms with Crippen LogP contribution >= 0.6 is 0 Å². The van der Waals surface area contributed by atoms with E-state index in [0.29, 0.717) is 19.1 Å². The van der Waals surface area contributed by atoms with Crippen LogP contribution in [0.15, 0.2) is 54.6 Å². The van der Waals surface area contributed by atoms with Crippen LogP contribution in [0.2, 0.25) is 0 Å². The van der Waals surface area contributed by atoms with Crippen molar-refractivity contribution in [1.29, 1.82) is 0 Å². The molecule has 0 radical (unpaired) electrons. The molecule has 1 atom stereocenters. The number of nitrogens with two attached hydrogens (primary N) is 1. The van der Waals surface area contributed by atoms with Crippen molar-refractivity contribution in [1.82, 2.24) is 5.32 Å². The molecule has 0 aliphatic heterocycles. The first kappa shape index (κ1) is 16.2. The molecule has 0 aliphatic carbocycles. The zero-order valence-corrected chi connectivity index (χ0v) is 13.4. The monoisotopic (exact) mass is 297 g/mol. The van der Waals surface area contributed by atoms with Crippen molar-refractivity contribution < 1.29 is 10.1 Å². The molecule has 3 heteroatoms. The van der Waals surface area contributed by atoms with E-state index in [1.807, 2.05) is 30.3 Å². The summed E-state index contributed by atoms with van der Waals surface area (Å²) < 4.78 is 0. The summed E-state index contributed by atoms with van der Waals surface area (Å²) in [5.74, 6) is 0.0939. The lowest BCUT2D eigenvalue weighted by Crippen LogP contribution is -2.87. The third-order valence-corrected chi connectivity index (χ3v) is 3.96. The molecule has 0 aromatic heterocycles. The van der Waals surface area contributed by atoms with Crippen LogP contribution < -0.4 is 10.6 Å². The Morgan fingerprint density at radius 1 is 1.09 bits per heavy atom. The number of aryl methyl sites for hydroxylation is 1. The zero-order valence-electron chi connectivity index (χ0n) is 13.4. The number of hydrogen-bond acceptors (Lipinski definition) is 1. The van der Waals surface area contributed by atoms with E-state index in [9.17, 15) is 4.79 Å². The summed E-state index contributed by atoms with van der Waals surface area (Å²) in [5.41, 5.74) is 3.82. The van der Waals surface area contributed by atoms with Crippen molar-refractivity contribution in [2.24, 2.45) is 0 Å². The van der Waals surface area contributed by atoms with Gasteiger partial charge in [-0.1, -0.05) is 54.6 Å². The highest BCUT2D eigenvalue weighted by Gasteiger charge is 2.10. The van der Waals surface area contributed by atoms with Crippen molar-refractivity contribution in [3.8, 4) is 0 Å². The summed E-state index contributed by atoms with van der Waals surface area (Å²) in [4.78, 5) is 11.9. The molecule has 0 saturated heterocycles. The van der Waals surface area contributed by atoms with E-state index in [0.717, 1.165) is 6.42 Å². The van der Waals surface area contributed by atoms with Crippen LogP contribution in [-0.2, 0) is 11.2 Å². The fourth-order valence-corrected chi connectivity index (χ4v) is 2.48. The van der Waals surface area contributed by atoms with Crippen LogP contribution in [0, 0.1) is 6.92 Å². The van der Waals surface area contributed by atoms with Gasteiger partial charge in [-0.2, -0.15) is 0 Å². The van der Waals surface area contributed by atoms with Gasteiger partial charge in [-0.05, 0) is 31.4 Å². The van der Waals surface area contributed by atoms with Gasteiger partial charge in [0.15, 0.2) is 6.54 Å². The predicted molar refractivity (Wildman–Crippen MR) is 89.5 cm³/mol. The Morgan fingerprint density at radius 2 is 1.77 bits per heavy atom. The van der Waals surface area contributed by atoms with Crippen LogP contribution in [0.25, 0.3) is 0 Å². The molecule has 22 heavy (non-hydrogen) atoms. The summed E-state index contributed by atoms with van der Waals surface area (Å²) in [5, 5.41) is 5.06. The van der Waals surface area contributed by atoms with Gasteiger partial charge in [0.1, 0.15) is 6.04 Å². The summed E-state index contributed by atoms with van der Waals surface area (Å²) >= 11 is 0. The maximum absolute atomic E-state index is 11.9. The van der Waals surface area contributed by atoms with Crippen molar-refractivity contribution in [3.05, 3.63) is 71.3 Å². The van der Waals surface area contributed by atoms with Crippen LogP contribution in [0.5, 0.6) is 0 Å². The molecule has 3 N–H and O–H groups in total. The predicted octanol–water partition coefficient (Wildman–Crippen LogP) is 1.98. The first-order chi connectivity index (χ1) is 10.7. The van der Waals surface area contributed by atoms with Gasteiger partial charge in [-0.3, -0.25) is 4.79 Å². The topological polar surface area (TPSA) is 45.7 Å². The quantitative estimate of drug-likeness (QED) is 0.806. The Balaban J connectivity index is 1.69. The lowest BCUT2D eigenvalue weighted by atomic mass is 10.1. The average molecular weight is 297 g/mol. The Bertz CT molecular complexity index is 595. The lowest BCUT2D eigenvalue weighted by molar-refractivity contribution is -0.682. The molecule has 2 rings (SSSR count). The van der Waals surface area contributed by atoms with E-state index in [-0.39, 0.29) is 5.91 Å². The third-order valence-electron chi connectivity index (χ3n) is 3.96. The van der Waals surface area contributed by atoms with E-state index >= 15 is 0 Å². The second-order valence-electron chi connectivity index (χ2n) is 5.67. The fourth-order valence-electron chi connectivity index (χ4n) is 2.48. The van der Waals surface area contributed by atoms with Gasteiger partial charge in [-0.15, -0.1) is 0 Å². The van der Waals surface area contributed by atoms with Crippen molar-refractivity contribution in [2.75, 3.05) is 13.1 Å². The number of hydrogen-bond donors (Lipinski definition) is 2. The fraction of sp³-hybridized carbons (Fsp3) is 0.316. The zero-order chi connectivity index (χ0) is 15.8. The van der Waals surface area contributed by atoms with Crippen molar-refractivity contribution >= 4 is 5.91 Å². The number of nitrogens with one attached hydrogen (secondary N) is 1. The van der Waals surface area contributed by atoms with Crippen LogP contribution in [0.4, 0.5) is 0 Å². The SMILES string of the molecule is Cc1ccccc1CCNC(=O)C[NH2+][C@@H](C)c1ccccc1. The Morgan fingerprint density at radius 3 is 2.50 bits per heavy atom. The van der Waals surface area contributed by atoms with E-state index < -0.39 is 0 Å². The molecule has 0 unspecified atom stereocenters. The highest BCUT2D eigenvalue weighted by Crippen LogP contribution is 2.07. The molecular weight excluding hydrogens is 272 g/mol. The van der Waals surface area contributed by atoms with E-state index in [1.54, 1.807) is 0 Å². The van der Waals surface area contributed by atoms with Gasteiger partial charge in [0.2, 0.25) is 0 Å². The minimum Gasteiger partial charge on any atom is -0.351 e. The van der Waals surface area contributed by atoms with Crippen LogP contribution in [0.3, 0.4) is 0 Å². The Kier molecular flexibility index (Phi) is 6.16. The molecule has 0 spiro atoms. The molecule has 0 fully saturated rings. The van der Waals surface area contributed by atoms with E-state index in [2.05, 4.69) is 48.7 Å². The molecule has 2 aromatic carbocycles. The first-order valence-electron chi connectivity index (χ1n) is 7.86. The highest BCUT2D eigenvalue weighted by molar-refractivity contribution is 5.76. The van der Waals surface area contributed by atoms with Gasteiger partial charge < -0.3 is 10.6 Å². The Hall–Kier alpha value is -2.13. The minimum atomic E-state index is 0.0939. The molecule has 2 aromatic rings. The van der Waals surface area contributed by atoms with E-state index in [4.69, 9.17) is 0 Å². The molecule has 0 heterocycles. The summed E-state index contributed by atoms with van der Waals surface area (Å²) in [6, 6.07) is 18.9. The summed E-state index contributed by atoms with van der Waals surface area (Å²) in [7, 11) is 0. The second-order valence-corrected chi connectivity index (χ2v) is 5.67. The number of carbonyl (C=O) groups is 1. The standard InChI is InChI=1S/C19H24N2O/c1-15-8-6-7-9-17(15)12-13-20-19(22)14-21-16(2)18-10-4-3-5-11-18/h3-11,16,21H,12-14H2,1-2H3,(H,20,22)/p+1/t16-/m0/s1. The molecule has 0 bridgehead atoms. The molecule has 0 saturated carbocycles. The van der Waals surface area contributed by atoms with E-state index in [1.165, 1.54) is 16.7 Å². The number of amides is 1. The molecule has 3 nitrogen and oxygen atoms in total. The first-order valence-corrected chi connectivity index (χ1v) is 7.86. The summed E-state index contributed by atoms with van der Waals surface area (Å²) in [6.07, 6.45) is 0.882.